The molecular formula is C50H31NS2. The third-order valence-electron chi connectivity index (χ3n) is 10.6. The predicted molar refractivity (Wildman–Crippen MR) is 233 cm³/mol. The summed E-state index contributed by atoms with van der Waals surface area (Å²) in [5, 5.41) is 10.2. The summed E-state index contributed by atoms with van der Waals surface area (Å²) in [6.45, 7) is 0. The first-order valence-corrected chi connectivity index (χ1v) is 19.6. The molecule has 0 spiro atoms. The van der Waals surface area contributed by atoms with E-state index >= 15 is 0 Å². The van der Waals surface area contributed by atoms with Crippen LogP contribution in [0.15, 0.2) is 188 Å². The first-order chi connectivity index (χ1) is 26.3. The first-order valence-electron chi connectivity index (χ1n) is 18.0. The van der Waals surface area contributed by atoms with Gasteiger partial charge in [0, 0.05) is 51.7 Å². The van der Waals surface area contributed by atoms with Crippen LogP contribution in [-0.4, -0.2) is 0 Å². The fraction of sp³-hybridized carbons (Fsp3) is 0. The lowest BCUT2D eigenvalue weighted by molar-refractivity contribution is 1.31. The van der Waals surface area contributed by atoms with Gasteiger partial charge in [0.05, 0.1) is 5.69 Å². The third kappa shape index (κ3) is 4.97. The Balaban J connectivity index is 1.17. The van der Waals surface area contributed by atoms with Gasteiger partial charge in [-0.05, 0) is 92.3 Å². The van der Waals surface area contributed by atoms with Gasteiger partial charge in [-0.25, -0.2) is 0 Å². The van der Waals surface area contributed by atoms with E-state index in [2.05, 4.69) is 193 Å². The van der Waals surface area contributed by atoms with Crippen molar-refractivity contribution in [3.63, 3.8) is 0 Å². The molecule has 11 rings (SSSR count). The van der Waals surface area contributed by atoms with Gasteiger partial charge in [0.15, 0.2) is 0 Å². The molecule has 11 aromatic rings. The highest BCUT2D eigenvalue weighted by Gasteiger charge is 2.22. The van der Waals surface area contributed by atoms with E-state index in [-0.39, 0.29) is 0 Å². The zero-order valence-electron chi connectivity index (χ0n) is 28.7. The molecule has 2 heterocycles. The maximum Gasteiger partial charge on any atom is 0.0555 e. The standard InChI is InChI=1S/C50H31NS2/c1-3-11-32(12-4-1)35-21-24-42-44-31-38(23-28-47(44)52-48(42)30-35)51(37-22-25-40-36(29-37)20-19-34-15-7-8-16-39(34)40)45-27-26-41(33-13-5-2-6-14-33)50-49(45)43-17-9-10-18-46(43)53-50/h1-31H. The maximum absolute atomic E-state index is 2.49. The summed E-state index contributed by atoms with van der Waals surface area (Å²) in [5.41, 5.74) is 8.47. The molecule has 248 valence electrons. The molecule has 1 nitrogen and oxygen atoms in total. The number of anilines is 3. The average Bonchev–Trinajstić information content (AvgIpc) is 3.80. The second kappa shape index (κ2) is 12.2. The average molecular weight is 710 g/mol. The molecule has 0 aliphatic rings. The normalized spacial score (nSPS) is 11.8. The van der Waals surface area contributed by atoms with Gasteiger partial charge in [-0.1, -0.05) is 140 Å². The van der Waals surface area contributed by atoms with Crippen LogP contribution in [0.5, 0.6) is 0 Å². The molecule has 0 unspecified atom stereocenters. The van der Waals surface area contributed by atoms with Crippen molar-refractivity contribution in [1.82, 2.24) is 0 Å². The summed E-state index contributed by atoms with van der Waals surface area (Å²) in [5.74, 6) is 0. The number of nitrogens with zero attached hydrogens (tertiary/aromatic N) is 1. The third-order valence-corrected chi connectivity index (χ3v) is 13.0. The van der Waals surface area contributed by atoms with Crippen molar-refractivity contribution in [2.45, 2.75) is 0 Å². The molecule has 2 aromatic heterocycles. The summed E-state index contributed by atoms with van der Waals surface area (Å²) < 4.78 is 5.21. The molecule has 9 aromatic carbocycles. The van der Waals surface area contributed by atoms with Gasteiger partial charge in [0.25, 0.3) is 0 Å². The SMILES string of the molecule is c1ccc(-c2ccc3c(c2)sc2ccc(N(c4ccc5c(ccc6ccccc65)c4)c4ccc(-c5ccccc5)c5sc6ccccc6c45)cc23)cc1. The molecule has 0 N–H and O–H groups in total. The highest BCUT2D eigenvalue weighted by molar-refractivity contribution is 7.26. The Morgan fingerprint density at radius 1 is 0.340 bits per heavy atom. The monoisotopic (exact) mass is 709 g/mol. The van der Waals surface area contributed by atoms with Gasteiger partial charge in [-0.2, -0.15) is 0 Å². The van der Waals surface area contributed by atoms with Crippen molar-refractivity contribution in [2.75, 3.05) is 4.90 Å². The molecular weight excluding hydrogens is 679 g/mol. The second-order valence-electron chi connectivity index (χ2n) is 13.7. The van der Waals surface area contributed by atoms with Crippen LogP contribution >= 0.6 is 22.7 Å². The van der Waals surface area contributed by atoms with Crippen molar-refractivity contribution in [3.8, 4) is 22.3 Å². The van der Waals surface area contributed by atoms with Crippen molar-refractivity contribution >= 4 is 102 Å². The Morgan fingerprint density at radius 3 is 1.87 bits per heavy atom. The van der Waals surface area contributed by atoms with Crippen LogP contribution in [0.4, 0.5) is 17.1 Å². The van der Waals surface area contributed by atoms with Crippen molar-refractivity contribution in [1.29, 1.82) is 0 Å². The summed E-state index contributed by atoms with van der Waals surface area (Å²) in [6, 6.07) is 69.2. The molecule has 3 heteroatoms. The number of hydrogen-bond acceptors (Lipinski definition) is 3. The largest absolute Gasteiger partial charge is 0.310 e. The van der Waals surface area contributed by atoms with Crippen molar-refractivity contribution in [3.05, 3.63) is 188 Å². The summed E-state index contributed by atoms with van der Waals surface area (Å²) >= 11 is 3.76. The molecule has 0 aliphatic heterocycles. The van der Waals surface area contributed by atoms with Crippen LogP contribution in [0.3, 0.4) is 0 Å². The van der Waals surface area contributed by atoms with E-state index < -0.39 is 0 Å². The smallest absolute Gasteiger partial charge is 0.0555 e. The molecule has 0 saturated heterocycles. The lowest BCUT2D eigenvalue weighted by Crippen LogP contribution is -2.10. The molecule has 0 bridgehead atoms. The van der Waals surface area contributed by atoms with Crippen LogP contribution in [0, 0.1) is 0 Å². The number of fused-ring (bicyclic) bond motifs is 9. The Hall–Kier alpha value is -6.26. The van der Waals surface area contributed by atoms with Crippen molar-refractivity contribution in [2.24, 2.45) is 0 Å². The van der Waals surface area contributed by atoms with E-state index in [1.54, 1.807) is 0 Å². The Morgan fingerprint density at radius 2 is 1.00 bits per heavy atom. The molecule has 53 heavy (non-hydrogen) atoms. The van der Waals surface area contributed by atoms with Gasteiger partial charge >= 0.3 is 0 Å². The van der Waals surface area contributed by atoms with E-state index in [0.29, 0.717) is 0 Å². The first kappa shape index (κ1) is 30.4. The Kier molecular flexibility index (Phi) is 6.97. The summed E-state index contributed by atoms with van der Waals surface area (Å²) in [6.07, 6.45) is 0. The van der Waals surface area contributed by atoms with Gasteiger partial charge < -0.3 is 4.90 Å². The van der Waals surface area contributed by atoms with E-state index in [9.17, 15) is 0 Å². The molecule has 0 saturated carbocycles. The number of hydrogen-bond donors (Lipinski definition) is 0. The molecule has 0 radical (unpaired) electrons. The molecule has 0 amide bonds. The molecule has 0 aliphatic carbocycles. The van der Waals surface area contributed by atoms with E-state index in [1.165, 1.54) is 89.8 Å². The van der Waals surface area contributed by atoms with Gasteiger partial charge in [-0.3, -0.25) is 0 Å². The lowest BCUT2D eigenvalue weighted by Gasteiger charge is -2.27. The minimum absolute atomic E-state index is 1.14. The predicted octanol–water partition coefficient (Wildman–Crippen LogP) is 15.5. The van der Waals surface area contributed by atoms with Gasteiger partial charge in [0.1, 0.15) is 0 Å². The van der Waals surface area contributed by atoms with Crippen LogP contribution in [0.2, 0.25) is 0 Å². The van der Waals surface area contributed by atoms with E-state index in [4.69, 9.17) is 0 Å². The highest BCUT2D eigenvalue weighted by atomic mass is 32.1. The Bertz CT molecular complexity index is 3170. The summed E-state index contributed by atoms with van der Waals surface area (Å²) in [7, 11) is 0. The number of rotatable bonds is 5. The highest BCUT2D eigenvalue weighted by Crippen LogP contribution is 2.49. The minimum atomic E-state index is 1.14. The van der Waals surface area contributed by atoms with Crippen LogP contribution in [-0.2, 0) is 0 Å². The van der Waals surface area contributed by atoms with Gasteiger partial charge in [-0.15, -0.1) is 22.7 Å². The molecule has 0 fully saturated rings. The minimum Gasteiger partial charge on any atom is -0.310 e. The quantitative estimate of drug-likeness (QED) is 0.161. The van der Waals surface area contributed by atoms with Crippen LogP contribution in [0.25, 0.3) is 84.1 Å². The summed E-state index contributed by atoms with van der Waals surface area (Å²) in [4.78, 5) is 2.49. The second-order valence-corrected chi connectivity index (χ2v) is 15.8. The lowest BCUT2D eigenvalue weighted by atomic mass is 9.99. The van der Waals surface area contributed by atoms with E-state index in [1.807, 2.05) is 22.7 Å². The van der Waals surface area contributed by atoms with Gasteiger partial charge in [0.2, 0.25) is 0 Å². The fourth-order valence-electron chi connectivity index (χ4n) is 8.12. The number of benzene rings is 9. The number of thiophene rings is 2. The Labute approximate surface area is 315 Å². The van der Waals surface area contributed by atoms with Crippen molar-refractivity contribution < 1.29 is 0 Å². The zero-order valence-corrected chi connectivity index (χ0v) is 30.3. The van der Waals surface area contributed by atoms with E-state index in [0.717, 1.165) is 11.4 Å². The molecule has 0 atom stereocenters. The fourth-order valence-corrected chi connectivity index (χ4v) is 10.5. The van der Waals surface area contributed by atoms with Crippen LogP contribution in [0.1, 0.15) is 0 Å². The topological polar surface area (TPSA) is 3.24 Å². The van der Waals surface area contributed by atoms with Crippen LogP contribution < -0.4 is 4.90 Å². The maximum atomic E-state index is 2.49. The zero-order chi connectivity index (χ0) is 34.9.